The molecule has 0 aliphatic carbocycles. The van der Waals surface area contributed by atoms with Crippen LogP contribution in [-0.2, 0) is 6.18 Å². The molecule has 0 saturated carbocycles. The van der Waals surface area contributed by atoms with Gasteiger partial charge in [0.25, 0.3) is 0 Å². The number of aromatic nitrogens is 3. The summed E-state index contributed by atoms with van der Waals surface area (Å²) in [7, 11) is 0. The molecule has 2 rings (SSSR count). The fraction of sp³-hybridized carbons (Fsp3) is 0.143. The summed E-state index contributed by atoms with van der Waals surface area (Å²) in [4.78, 5) is 2.63. The second-order valence-electron chi connectivity index (χ2n) is 2.65. The van der Waals surface area contributed by atoms with Crippen molar-refractivity contribution in [1.29, 1.82) is 0 Å². The van der Waals surface area contributed by atoms with Crippen LogP contribution in [-0.4, -0.2) is 14.6 Å². The molecule has 1 N–H and O–H groups in total. The standard InChI is InChI=1S/C7H4F3N3S/c8-7(9,10)5-3-4-6(14)11-1-2-13(4)12-5/h1-3H,(H,11,14). The summed E-state index contributed by atoms with van der Waals surface area (Å²) >= 11 is 4.81. The van der Waals surface area contributed by atoms with Gasteiger partial charge < -0.3 is 4.98 Å². The fourth-order valence-electron chi connectivity index (χ4n) is 1.07. The molecular formula is C7H4F3N3S. The third kappa shape index (κ3) is 1.39. The number of aromatic amines is 1. The molecule has 14 heavy (non-hydrogen) atoms. The van der Waals surface area contributed by atoms with Crippen molar-refractivity contribution in [3.8, 4) is 0 Å². The molecule has 0 radical (unpaired) electrons. The van der Waals surface area contributed by atoms with Crippen LogP contribution in [0.5, 0.6) is 0 Å². The SMILES string of the molecule is FC(F)(F)c1cc2c(=S)[nH]ccn2n1. The molecule has 0 aromatic carbocycles. The number of nitrogens with one attached hydrogen (secondary N) is 1. The van der Waals surface area contributed by atoms with Crippen LogP contribution in [0.2, 0.25) is 0 Å². The number of halogens is 3. The predicted molar refractivity (Wildman–Crippen MR) is 45.4 cm³/mol. The van der Waals surface area contributed by atoms with Crippen LogP contribution in [0, 0.1) is 4.64 Å². The van der Waals surface area contributed by atoms with Crippen LogP contribution >= 0.6 is 12.2 Å². The van der Waals surface area contributed by atoms with Crippen LogP contribution in [0.4, 0.5) is 13.2 Å². The Morgan fingerprint density at radius 2 is 2.14 bits per heavy atom. The van der Waals surface area contributed by atoms with E-state index in [1.807, 2.05) is 0 Å². The average molecular weight is 219 g/mol. The summed E-state index contributed by atoms with van der Waals surface area (Å²) in [5.74, 6) is 0. The number of alkyl halides is 3. The van der Waals surface area contributed by atoms with Gasteiger partial charge in [0.2, 0.25) is 0 Å². The van der Waals surface area contributed by atoms with E-state index in [2.05, 4.69) is 10.1 Å². The number of H-pyrrole nitrogens is 1. The van der Waals surface area contributed by atoms with Crippen molar-refractivity contribution in [3.05, 3.63) is 28.8 Å². The number of rotatable bonds is 0. The number of fused-ring (bicyclic) bond motifs is 1. The van der Waals surface area contributed by atoms with E-state index >= 15 is 0 Å². The molecule has 0 aliphatic heterocycles. The Morgan fingerprint density at radius 3 is 2.71 bits per heavy atom. The summed E-state index contributed by atoms with van der Waals surface area (Å²) in [6, 6.07) is 0.916. The van der Waals surface area contributed by atoms with Crippen molar-refractivity contribution in [2.75, 3.05) is 0 Å². The molecule has 0 unspecified atom stereocenters. The van der Waals surface area contributed by atoms with Crippen molar-refractivity contribution in [2.24, 2.45) is 0 Å². The lowest BCUT2D eigenvalue weighted by molar-refractivity contribution is -0.141. The molecule has 3 nitrogen and oxygen atoms in total. The van der Waals surface area contributed by atoms with Gasteiger partial charge in [-0.05, 0) is 6.07 Å². The Balaban J connectivity index is 2.75. The van der Waals surface area contributed by atoms with Gasteiger partial charge in [0, 0.05) is 12.4 Å². The molecule has 0 saturated heterocycles. The average Bonchev–Trinajstić information content (AvgIpc) is 2.48. The monoisotopic (exact) mass is 219 g/mol. The van der Waals surface area contributed by atoms with E-state index in [4.69, 9.17) is 12.2 Å². The maximum absolute atomic E-state index is 12.2. The van der Waals surface area contributed by atoms with Crippen LogP contribution in [0.1, 0.15) is 5.69 Å². The molecule has 0 bridgehead atoms. The van der Waals surface area contributed by atoms with E-state index in [0.717, 1.165) is 10.6 Å². The third-order valence-corrected chi connectivity index (χ3v) is 2.02. The van der Waals surface area contributed by atoms with Crippen molar-refractivity contribution in [3.63, 3.8) is 0 Å². The Bertz CT molecular complexity index is 525. The number of nitrogens with zero attached hydrogens (tertiary/aromatic N) is 2. The quantitative estimate of drug-likeness (QED) is 0.690. The lowest BCUT2D eigenvalue weighted by Crippen LogP contribution is -2.05. The molecule has 74 valence electrons. The van der Waals surface area contributed by atoms with E-state index in [1.165, 1.54) is 12.4 Å². The maximum Gasteiger partial charge on any atom is 0.435 e. The van der Waals surface area contributed by atoms with Gasteiger partial charge in [-0.15, -0.1) is 0 Å². The van der Waals surface area contributed by atoms with Gasteiger partial charge in [-0.3, -0.25) is 0 Å². The molecule has 2 aromatic rings. The Labute approximate surface area is 81.2 Å². The van der Waals surface area contributed by atoms with Crippen LogP contribution in [0.3, 0.4) is 0 Å². The minimum absolute atomic E-state index is 0.232. The van der Waals surface area contributed by atoms with Gasteiger partial charge in [-0.2, -0.15) is 18.3 Å². The van der Waals surface area contributed by atoms with Crippen LogP contribution in [0.15, 0.2) is 18.5 Å². The first-order chi connectivity index (χ1) is 6.48. The lowest BCUT2D eigenvalue weighted by Gasteiger charge is -1.98. The van der Waals surface area contributed by atoms with Gasteiger partial charge in [-0.25, -0.2) is 4.52 Å². The first-order valence-electron chi connectivity index (χ1n) is 3.63. The minimum Gasteiger partial charge on any atom is -0.350 e. The molecular weight excluding hydrogens is 215 g/mol. The summed E-state index contributed by atoms with van der Waals surface area (Å²) < 4.78 is 38.0. The van der Waals surface area contributed by atoms with Gasteiger partial charge >= 0.3 is 6.18 Å². The van der Waals surface area contributed by atoms with E-state index in [1.54, 1.807) is 0 Å². The number of hydrogen-bond donors (Lipinski definition) is 1. The summed E-state index contributed by atoms with van der Waals surface area (Å²) in [5.41, 5.74) is -0.696. The third-order valence-electron chi connectivity index (χ3n) is 1.69. The van der Waals surface area contributed by atoms with Crippen molar-refractivity contribution < 1.29 is 13.2 Å². The molecule has 0 aliphatic rings. The molecule has 0 spiro atoms. The van der Waals surface area contributed by atoms with E-state index in [0.29, 0.717) is 0 Å². The van der Waals surface area contributed by atoms with Gasteiger partial charge in [0.1, 0.15) is 10.2 Å². The molecule has 0 amide bonds. The Morgan fingerprint density at radius 1 is 1.43 bits per heavy atom. The molecule has 0 fully saturated rings. The Kier molecular flexibility index (Phi) is 1.84. The zero-order chi connectivity index (χ0) is 10.3. The zero-order valence-electron chi connectivity index (χ0n) is 6.67. The summed E-state index contributed by atoms with van der Waals surface area (Å²) in [6.07, 6.45) is -1.63. The highest BCUT2D eigenvalue weighted by atomic mass is 32.1. The van der Waals surface area contributed by atoms with Gasteiger partial charge in [-0.1, -0.05) is 12.2 Å². The van der Waals surface area contributed by atoms with Crippen molar-refractivity contribution >= 4 is 17.7 Å². The highest BCUT2D eigenvalue weighted by Gasteiger charge is 2.34. The largest absolute Gasteiger partial charge is 0.435 e. The second-order valence-corrected chi connectivity index (χ2v) is 3.05. The predicted octanol–water partition coefficient (Wildman–Crippen LogP) is 2.41. The van der Waals surface area contributed by atoms with Crippen LogP contribution < -0.4 is 0 Å². The summed E-state index contributed by atoms with van der Waals surface area (Å²) in [6.45, 7) is 0. The fourth-order valence-corrected chi connectivity index (χ4v) is 1.29. The van der Waals surface area contributed by atoms with E-state index in [9.17, 15) is 13.2 Å². The lowest BCUT2D eigenvalue weighted by atomic mass is 10.4. The molecule has 2 heterocycles. The smallest absolute Gasteiger partial charge is 0.350 e. The number of hydrogen-bond acceptors (Lipinski definition) is 2. The van der Waals surface area contributed by atoms with Gasteiger partial charge in [0.15, 0.2) is 5.69 Å². The molecule has 2 aromatic heterocycles. The topological polar surface area (TPSA) is 33.1 Å². The first-order valence-corrected chi connectivity index (χ1v) is 4.03. The minimum atomic E-state index is -4.44. The van der Waals surface area contributed by atoms with E-state index in [-0.39, 0.29) is 10.2 Å². The summed E-state index contributed by atoms with van der Waals surface area (Å²) in [5, 5.41) is 3.35. The van der Waals surface area contributed by atoms with E-state index < -0.39 is 11.9 Å². The highest BCUT2D eigenvalue weighted by molar-refractivity contribution is 7.71. The van der Waals surface area contributed by atoms with Crippen LogP contribution in [0.25, 0.3) is 5.52 Å². The highest BCUT2D eigenvalue weighted by Crippen LogP contribution is 2.28. The molecule has 0 atom stereocenters. The Hall–Kier alpha value is -1.37. The zero-order valence-corrected chi connectivity index (χ0v) is 7.49. The second kappa shape index (κ2) is 2.81. The van der Waals surface area contributed by atoms with Crippen molar-refractivity contribution in [1.82, 2.24) is 14.6 Å². The van der Waals surface area contributed by atoms with Crippen molar-refractivity contribution in [2.45, 2.75) is 6.18 Å². The van der Waals surface area contributed by atoms with Gasteiger partial charge in [0.05, 0.1) is 0 Å². The normalized spacial score (nSPS) is 12.2. The maximum atomic E-state index is 12.2. The first kappa shape index (κ1) is 9.20. The molecule has 7 heteroatoms.